The molecule has 4 fully saturated rings. The van der Waals surface area contributed by atoms with Crippen molar-refractivity contribution in [1.29, 1.82) is 0 Å². The second-order valence-electron chi connectivity index (χ2n) is 33.7. The normalized spacial score (nSPS) is 21.4. The van der Waals surface area contributed by atoms with E-state index in [9.17, 15) is 41.5 Å². The van der Waals surface area contributed by atoms with Gasteiger partial charge in [-0.25, -0.2) is 24.4 Å². The van der Waals surface area contributed by atoms with Crippen molar-refractivity contribution in [3.05, 3.63) is 131 Å². The Kier molecular flexibility index (Phi) is 25.1. The third kappa shape index (κ3) is 17.7. The lowest BCUT2D eigenvalue weighted by Gasteiger charge is -2.31. The summed E-state index contributed by atoms with van der Waals surface area (Å²) in [4.78, 5) is 97.4. The van der Waals surface area contributed by atoms with Crippen molar-refractivity contribution in [2.24, 2.45) is 45.5 Å². The molecule has 6 aromatic carbocycles. The zero-order valence-corrected chi connectivity index (χ0v) is 67.7. The van der Waals surface area contributed by atoms with Crippen molar-refractivity contribution in [1.82, 2.24) is 45.3 Å². The molecule has 0 unspecified atom stereocenters. The maximum Gasteiger partial charge on any atom is 0.410 e. The van der Waals surface area contributed by atoms with Gasteiger partial charge < -0.3 is 73.0 Å². The van der Waals surface area contributed by atoms with Gasteiger partial charge in [0.05, 0.1) is 87.3 Å². The number of imidazole rings is 2. The Hall–Kier alpha value is -10.5. The molecule has 16 rings (SSSR count). The Morgan fingerprint density at radius 1 is 0.534 bits per heavy atom. The zero-order chi connectivity index (χ0) is 82.4. The van der Waals surface area contributed by atoms with E-state index >= 15 is 0 Å². The average molecular weight is 1630 g/mol. The Morgan fingerprint density at radius 3 is 1.46 bits per heavy atom. The first-order valence-electron chi connectivity index (χ1n) is 40.2. The van der Waals surface area contributed by atoms with Crippen LogP contribution in [0.25, 0.3) is 66.3 Å². The minimum absolute atomic E-state index is 0. The molecule has 29 heteroatoms. The molecular formula is C89H105F4N11O14. The molecule has 8 aromatic rings. The van der Waals surface area contributed by atoms with Crippen molar-refractivity contribution in [3.63, 3.8) is 0 Å². The summed E-state index contributed by atoms with van der Waals surface area (Å²) in [6, 6.07) is 26.4. The molecule has 2 aromatic heterocycles. The fourth-order valence-corrected chi connectivity index (χ4v) is 18.3. The number of hydrogen-bond acceptors (Lipinski definition) is 18. The van der Waals surface area contributed by atoms with Gasteiger partial charge >= 0.3 is 31.5 Å². The number of aromatic nitrogens is 4. The van der Waals surface area contributed by atoms with Crippen LogP contribution in [0.4, 0.5) is 43.3 Å². The van der Waals surface area contributed by atoms with Gasteiger partial charge in [-0.15, -0.1) is 0 Å². The summed E-state index contributed by atoms with van der Waals surface area (Å²) in [7, 11) is 5.91. The molecule has 25 nitrogen and oxygen atoms in total. The summed E-state index contributed by atoms with van der Waals surface area (Å²) in [5, 5.41) is 9.43. The minimum Gasteiger partial charge on any atom is -0.488 e. The molecule has 118 heavy (non-hydrogen) atoms. The Bertz CT molecular complexity index is 5160. The lowest BCUT2D eigenvalue weighted by atomic mass is 9.90. The van der Waals surface area contributed by atoms with Crippen molar-refractivity contribution in [3.8, 4) is 56.3 Å². The predicted molar refractivity (Wildman–Crippen MR) is 438 cm³/mol. The van der Waals surface area contributed by atoms with E-state index in [0.717, 1.165) is 148 Å². The number of benzene rings is 6. The fraction of sp³-hybridized carbons (Fsp3) is 0.494. The highest BCUT2D eigenvalue weighted by Gasteiger charge is 2.46. The summed E-state index contributed by atoms with van der Waals surface area (Å²) in [5.74, 6) is 2.75. The number of hydrogen-bond donors (Lipinski definition) is 4. The van der Waals surface area contributed by atoms with Gasteiger partial charge in [-0.1, -0.05) is 71.5 Å². The van der Waals surface area contributed by atoms with Crippen LogP contribution in [0, 0.1) is 35.5 Å². The summed E-state index contributed by atoms with van der Waals surface area (Å²) in [6.45, 7) is 9.64. The Labute approximate surface area is 683 Å². The van der Waals surface area contributed by atoms with E-state index in [1.165, 1.54) is 20.6 Å². The number of ether oxygens (including phenoxy) is 9. The number of likely N-dealkylation sites (tertiary alicyclic amines) is 3. The highest BCUT2D eigenvalue weighted by Crippen LogP contribution is 2.49. The van der Waals surface area contributed by atoms with Crippen LogP contribution in [0.15, 0.2) is 107 Å². The van der Waals surface area contributed by atoms with Gasteiger partial charge in [-0.3, -0.25) is 24.5 Å². The summed E-state index contributed by atoms with van der Waals surface area (Å²) >= 11 is 0. The van der Waals surface area contributed by atoms with Gasteiger partial charge in [-0.05, 0) is 192 Å². The molecular weight excluding hydrogens is 1520 g/mol. The number of fused-ring (bicyclic) bond motifs is 12. The van der Waals surface area contributed by atoms with Crippen LogP contribution in [-0.2, 0) is 68.8 Å². The first-order valence-corrected chi connectivity index (χ1v) is 40.2. The van der Waals surface area contributed by atoms with Crippen molar-refractivity contribution in [2.75, 3.05) is 74.5 Å². The summed E-state index contributed by atoms with van der Waals surface area (Å²) in [5.41, 5.74) is 14.6. The molecule has 628 valence electrons. The third-order valence-electron chi connectivity index (χ3n) is 23.9. The summed E-state index contributed by atoms with van der Waals surface area (Å²) in [6.07, 6.45) is 7.72. The maximum atomic E-state index is 14.1. The molecule has 1 aliphatic carbocycles. The number of alkyl carbamates (subject to hydrolysis) is 2. The smallest absolute Gasteiger partial charge is 0.410 e. The number of H-pyrrole nitrogens is 2. The quantitative estimate of drug-likeness (QED) is 0.0362. The molecule has 9 heterocycles. The molecule has 0 spiro atoms. The van der Waals surface area contributed by atoms with Gasteiger partial charge in [0.2, 0.25) is 11.8 Å². The van der Waals surface area contributed by atoms with E-state index in [1.807, 2.05) is 85.0 Å². The molecule has 0 bridgehead atoms. The second kappa shape index (κ2) is 35.2. The number of nitrogens with zero attached hydrogens (tertiary/aromatic N) is 7. The van der Waals surface area contributed by atoms with Gasteiger partial charge in [0, 0.05) is 99.5 Å². The van der Waals surface area contributed by atoms with Crippen LogP contribution in [0.2, 0.25) is 0 Å². The number of halogens is 4. The number of methoxy groups -OCH3 is 4. The van der Waals surface area contributed by atoms with Crippen molar-refractivity contribution < 1.29 is 84.2 Å². The van der Waals surface area contributed by atoms with Crippen molar-refractivity contribution >= 4 is 74.4 Å². The fourth-order valence-electron chi connectivity index (χ4n) is 18.3. The first-order chi connectivity index (χ1) is 56.2. The Morgan fingerprint density at radius 2 is 0.983 bits per heavy atom. The highest BCUT2D eigenvalue weighted by atomic mass is 19.3. The summed E-state index contributed by atoms with van der Waals surface area (Å²) < 4.78 is 100. The number of aliphatic imine (C=N–C) groups is 2. The number of alkyl halides is 4. The molecule has 5 amide bonds. The Balaban J connectivity index is 0.000000198. The van der Waals surface area contributed by atoms with Gasteiger partial charge in [-0.2, -0.15) is 17.6 Å². The molecule has 3 saturated heterocycles. The van der Waals surface area contributed by atoms with Gasteiger partial charge in [0.25, 0.3) is 0 Å². The van der Waals surface area contributed by atoms with E-state index in [1.54, 1.807) is 35.1 Å². The van der Waals surface area contributed by atoms with E-state index in [0.29, 0.717) is 76.1 Å². The standard InChI is InChI=1S/C48H57F2N7O9.C40H44F2N4O5.CH4/c1-24(2)41(54-47(60)63-6)44(58)56-20-27(22-66-46(49)50)12-38(56)36-16-33-32-17-40-34(15-28(32)9-11-35(33)52-36)31-10-8-29(14-30(31)23-65-40)37-18-51-43(53-37)39-13-26(21-62-5)19-57(39)45(59)42(25(3)4)55-48(61)64-7;1-40(2,3)51-39(47)46-18-23(20-50-38(41)42)12-35(46)33-15-30-29-16-36-31(14-24(29)8-10-32(30)44-33)28-9-7-25(13-27(28)21-49-36)34-17-43-37(45-34)26-6-5-22(11-26)19-48-4;/h8-11,14-15,17-18,24-27,38-39,41-42,46H,12-13,16,19-23H2,1-7H3,(H,51,53)(H,54,60)(H,55,61);7-10,13-14,16-17,22-23,26,35,38H,5-6,11-12,15,18-21H2,1-4H3,(H,43,45);1H4/t26-,27-,38-,39-,41-,42-;22-,23+,26+,35+;/m01./s1. The maximum absolute atomic E-state index is 14.1. The van der Waals surface area contributed by atoms with Crippen LogP contribution in [-0.4, -0.2) is 194 Å². The minimum atomic E-state index is -2.93. The first kappa shape index (κ1) is 84.0. The molecule has 4 N–H and O–H groups in total. The van der Waals surface area contributed by atoms with Crippen LogP contribution in [0.5, 0.6) is 11.5 Å². The zero-order valence-electron chi connectivity index (χ0n) is 67.7. The van der Waals surface area contributed by atoms with Crippen molar-refractivity contribution in [2.45, 2.75) is 175 Å². The molecule has 10 atom stereocenters. The SMILES string of the molecule is C.COC[C@@H]1CC[C@H](c2ncc(-c3ccc4c(c3)COc3cc5c6c(ccc5cc3-4)N=C([C@@H]3C[C@H](COC(F)F)CN3C(=O)OC(C)(C)C)C6)[nH]2)C1.COC[C@H]1C[C@@H](c2ncc(-c3ccc4c(c3)COc3cc5c6c(ccc5cc3-4)N=C([C@@H]3C[C@H](COC(F)F)CN3C(=O)[C@@H](NC(=O)OC)C(C)C)C6)[nH]2)N(C(=O)[C@@H](NC(=O)OC)C(C)C)C1. The number of rotatable bonds is 22. The molecule has 7 aliphatic heterocycles. The third-order valence-corrected chi connectivity index (χ3v) is 23.9. The number of amides is 5. The van der Waals surface area contributed by atoms with Crippen LogP contribution < -0.4 is 20.1 Å². The number of nitrogens with one attached hydrogen (secondary N) is 4. The van der Waals surface area contributed by atoms with E-state index in [2.05, 4.69) is 79.9 Å². The number of aromatic amines is 2. The van der Waals surface area contributed by atoms with Gasteiger partial charge in [0.15, 0.2) is 0 Å². The molecule has 1 saturated carbocycles. The van der Waals surface area contributed by atoms with Crippen LogP contribution in [0.3, 0.4) is 0 Å². The molecule has 8 aliphatic rings. The van der Waals surface area contributed by atoms with E-state index in [4.69, 9.17) is 57.8 Å². The van der Waals surface area contributed by atoms with E-state index in [-0.39, 0.29) is 87.2 Å². The predicted octanol–water partition coefficient (Wildman–Crippen LogP) is 16.6. The van der Waals surface area contributed by atoms with Crippen LogP contribution in [0.1, 0.15) is 140 Å². The monoisotopic (exact) mass is 1630 g/mol. The largest absolute Gasteiger partial charge is 0.488 e. The number of carbonyl (C=O) groups excluding carboxylic acids is 5. The average Bonchev–Trinajstić information content (AvgIpc) is 1.54. The molecule has 0 radical (unpaired) electrons. The van der Waals surface area contributed by atoms with Gasteiger partial charge in [0.1, 0.15) is 54.0 Å². The second-order valence-corrected chi connectivity index (χ2v) is 33.7. The lowest BCUT2D eigenvalue weighted by molar-refractivity contribution is -0.139. The topological polar surface area (TPSA) is 284 Å². The van der Waals surface area contributed by atoms with Crippen LogP contribution >= 0.6 is 0 Å². The number of carbonyl (C=O) groups is 5. The van der Waals surface area contributed by atoms with E-state index < -0.39 is 55.2 Å². The highest BCUT2D eigenvalue weighted by molar-refractivity contribution is 6.08. The lowest BCUT2D eigenvalue weighted by Crippen LogP contribution is -2.53.